The standard InChI is InChI=1S/C42H47N7O4.C23H31N3O4.C20H17N3O.C18H20N2O5.C9H18N2O2/c1-46-37-15-16-43-27-36(37)35-11-8-29(25-39(35)46)30-7-9-32(44-26-30)6-5-18-48-21-19-47(20-22-48)17-3-2-4-23-53-33-10-12-34-31(24-33)28-49(42(34)52)38-13-14-40(50)45-41(38)51;27-21-10-9-20(22(28)24-21)26-16-17-15-18(7-8-19(17)23(26)29)30-14-6-2-5-13-25-11-3-1-4-12-25;1-23-19-8-9-21-13-18(19)17-7-5-14(11-20(17)23)15-4-6-16(22-12-15)3-2-10-24;21-8-2-1-3-9-25-13-4-5-14-12(10-13)11-20(18(14)24)15-6-7-16(22)19-17(15)23;1-9(2,3)13-8(12)11-6-4-10-5-7-11/h7-12,15-16,24-27,38H,2-6,13-14,17-23,28H2,1H3,(H,45,50,51);7-8,15,20H,1-6,9-14,16H2,(H,24,27,28);4-13H,2-3H2,1H3;4-5,8,10,15H,1-3,6-7,9,11H2,(H,19,22,23);10H,4-7H2,1-3H3. The summed E-state index contributed by atoms with van der Waals surface area (Å²) in [5, 5.41) is 14.9. The van der Waals surface area contributed by atoms with E-state index in [0.29, 0.717) is 100 Å². The number of pyridine rings is 4. The number of carbonyl (C=O) groups is 12. The van der Waals surface area contributed by atoms with Gasteiger partial charge >= 0.3 is 6.09 Å². The van der Waals surface area contributed by atoms with Crippen LogP contribution in [0.5, 0.6) is 17.2 Å². The van der Waals surface area contributed by atoms with Gasteiger partial charge in [0.15, 0.2) is 0 Å². The third-order valence-electron chi connectivity index (χ3n) is 28.3. The molecule has 3 atom stereocenters. The quantitative estimate of drug-likeness (QED) is 0.0173. The Morgan fingerprint density at radius 3 is 1.20 bits per heavy atom. The van der Waals surface area contributed by atoms with Gasteiger partial charge in [-0.05, 0) is 275 Å². The maximum absolute atomic E-state index is 12.9. The predicted molar refractivity (Wildman–Crippen MR) is 551 cm³/mol. The lowest BCUT2D eigenvalue weighted by Gasteiger charge is -2.34. The van der Waals surface area contributed by atoms with Crippen molar-refractivity contribution in [1.82, 2.24) is 84.6 Å². The van der Waals surface area contributed by atoms with Crippen LogP contribution in [0, 0.1) is 0 Å². The van der Waals surface area contributed by atoms with Gasteiger partial charge in [0, 0.05) is 227 Å². The normalized spacial score (nSPS) is 18.2. The van der Waals surface area contributed by atoms with Crippen LogP contribution in [0.4, 0.5) is 4.79 Å². The van der Waals surface area contributed by atoms with Gasteiger partial charge in [0.1, 0.15) is 53.5 Å². The first-order valence-electron chi connectivity index (χ1n) is 51.4. The van der Waals surface area contributed by atoms with Crippen molar-refractivity contribution in [3.8, 4) is 39.5 Å². The SMILES string of the molecule is CC(C)(C)OC(=O)N1CCNCC1.Cn1c2ccncc2c2ccc(-c3ccc(CCC=O)nc3)cc21.Cn1c2ccncc2c2ccc(-c3ccc(CCCN4CCN(CCCCCOc5ccc6c(c5)CN(C5CCC(=O)NC5=O)C6=O)CC4)nc3)cc21.O=C1CCC(N2Cc3cc(OCCCCCN4CCCCC4)ccc3C2=O)C(=O)N1.O=CCCCCOc1ccc2c(c1)CN(C1CCC(=O)NC1=O)C2=O. The number of amides is 10. The van der Waals surface area contributed by atoms with Gasteiger partial charge in [-0.2, -0.15) is 0 Å². The number of piperidine rings is 4. The molecule has 15 heterocycles. The highest BCUT2D eigenvalue weighted by molar-refractivity contribution is 6.11. The number of fused-ring (bicyclic) bond motifs is 9. The van der Waals surface area contributed by atoms with Crippen LogP contribution in [0.1, 0.15) is 208 Å². The Bertz CT molecular complexity index is 6490. The van der Waals surface area contributed by atoms with Crippen LogP contribution in [-0.4, -0.2) is 264 Å². The molecule has 0 saturated carbocycles. The van der Waals surface area contributed by atoms with E-state index in [9.17, 15) is 57.5 Å². The molecule has 145 heavy (non-hydrogen) atoms. The van der Waals surface area contributed by atoms with Crippen LogP contribution in [0.3, 0.4) is 0 Å². The number of piperazine rings is 2. The van der Waals surface area contributed by atoms with E-state index in [-0.39, 0.29) is 72.3 Å². The highest BCUT2D eigenvalue weighted by Crippen LogP contribution is 2.38. The largest absolute Gasteiger partial charge is 0.494 e. The first-order valence-corrected chi connectivity index (χ1v) is 51.4. The van der Waals surface area contributed by atoms with Crippen molar-refractivity contribution in [3.63, 3.8) is 0 Å². The van der Waals surface area contributed by atoms with Crippen LogP contribution >= 0.6 is 0 Å². The Morgan fingerprint density at radius 1 is 0.400 bits per heavy atom. The molecule has 762 valence electrons. The molecule has 0 radical (unpaired) electrons. The summed E-state index contributed by atoms with van der Waals surface area (Å²) in [6.07, 6.45) is 31.0. The summed E-state index contributed by atoms with van der Waals surface area (Å²) in [6.45, 7) is 22.1. The van der Waals surface area contributed by atoms with Gasteiger partial charge in [-0.3, -0.25) is 79.0 Å². The second-order valence-electron chi connectivity index (χ2n) is 39.5. The topological polar surface area (TPSA) is 374 Å². The zero-order chi connectivity index (χ0) is 101. The molecule has 4 N–H and O–H groups in total. The Kier molecular flexibility index (Phi) is 35.5. The maximum Gasteiger partial charge on any atom is 0.410 e. The fourth-order valence-electron chi connectivity index (χ4n) is 20.3. The molecule has 33 heteroatoms. The van der Waals surface area contributed by atoms with Gasteiger partial charge in [-0.25, -0.2) is 4.79 Å². The second-order valence-corrected chi connectivity index (χ2v) is 39.5. The molecule has 6 fully saturated rings. The molecule has 11 aromatic rings. The summed E-state index contributed by atoms with van der Waals surface area (Å²) in [5.74, 6) is -0.350. The van der Waals surface area contributed by atoms with Gasteiger partial charge in [0.05, 0.1) is 30.9 Å². The Balaban J connectivity index is 0.000000140. The smallest absolute Gasteiger partial charge is 0.410 e. The number of hydrogen-bond donors (Lipinski definition) is 4. The lowest BCUT2D eigenvalue weighted by Crippen LogP contribution is -2.52. The fourth-order valence-corrected chi connectivity index (χ4v) is 20.3. The summed E-state index contributed by atoms with van der Waals surface area (Å²) < 4.78 is 27.3. The molecule has 6 aromatic heterocycles. The summed E-state index contributed by atoms with van der Waals surface area (Å²) in [6, 6.07) is 40.2. The first-order chi connectivity index (χ1) is 70.4. The van der Waals surface area contributed by atoms with E-state index in [1.54, 1.807) is 39.0 Å². The van der Waals surface area contributed by atoms with Crippen molar-refractivity contribution in [2.45, 2.75) is 205 Å². The summed E-state index contributed by atoms with van der Waals surface area (Å²) in [7, 11) is 4.19. The Morgan fingerprint density at radius 2 is 0.800 bits per heavy atom. The number of nitrogens with zero attached hydrogens (tertiary/aromatic N) is 13. The lowest BCUT2D eigenvalue weighted by molar-refractivity contribution is -0.138. The van der Waals surface area contributed by atoms with Crippen molar-refractivity contribution in [1.29, 1.82) is 0 Å². The van der Waals surface area contributed by atoms with E-state index in [4.69, 9.17) is 23.9 Å². The van der Waals surface area contributed by atoms with Crippen LogP contribution in [0.25, 0.3) is 65.9 Å². The van der Waals surface area contributed by atoms with Crippen LogP contribution in [-0.2, 0) is 89.7 Å². The van der Waals surface area contributed by atoms with Crippen molar-refractivity contribution in [2.24, 2.45) is 14.1 Å². The molecule has 10 amide bonds. The number of aromatic nitrogens is 6. The van der Waals surface area contributed by atoms with E-state index >= 15 is 0 Å². The molecule has 20 rings (SSSR count). The summed E-state index contributed by atoms with van der Waals surface area (Å²) in [4.78, 5) is 173. The molecule has 0 spiro atoms. The zero-order valence-electron chi connectivity index (χ0n) is 83.8. The minimum atomic E-state index is -0.606. The monoisotopic (exact) mass is 1970 g/mol. The van der Waals surface area contributed by atoms with Gasteiger partial charge in [0.2, 0.25) is 35.4 Å². The number of benzene rings is 5. The number of carbonyl (C=O) groups excluding carboxylic acids is 12. The highest BCUT2D eigenvalue weighted by atomic mass is 16.6. The second kappa shape index (κ2) is 49.5. The number of aryl methyl sites for hydroxylation is 4. The average Bonchev–Trinajstić information content (AvgIpc) is 1.66. The molecule has 6 saturated heterocycles. The third kappa shape index (κ3) is 26.8. The Hall–Kier alpha value is -14.0. The van der Waals surface area contributed by atoms with Gasteiger partial charge in [0.25, 0.3) is 17.7 Å². The van der Waals surface area contributed by atoms with Crippen LogP contribution in [0.2, 0.25) is 0 Å². The number of imide groups is 3. The first kappa shape index (κ1) is 104. The molecular weight excluding hydrogens is 1840 g/mol. The number of hydrogen-bond acceptors (Lipinski definition) is 24. The van der Waals surface area contributed by atoms with E-state index in [0.717, 1.165) is 192 Å². The van der Waals surface area contributed by atoms with Crippen molar-refractivity contribution < 1.29 is 76.5 Å². The molecule has 33 nitrogen and oxygen atoms in total. The van der Waals surface area contributed by atoms with Crippen molar-refractivity contribution >= 4 is 115 Å². The zero-order valence-corrected chi connectivity index (χ0v) is 83.8. The Labute approximate surface area is 845 Å². The average molecular weight is 1970 g/mol. The van der Waals surface area contributed by atoms with Gasteiger partial charge < -0.3 is 77.3 Å². The molecule has 5 aromatic carbocycles. The van der Waals surface area contributed by atoms with Crippen molar-refractivity contribution in [3.05, 3.63) is 209 Å². The van der Waals surface area contributed by atoms with E-state index < -0.39 is 29.9 Å². The summed E-state index contributed by atoms with van der Waals surface area (Å²) >= 11 is 0. The van der Waals surface area contributed by atoms with E-state index in [1.165, 1.54) is 99.4 Å². The number of unbranched alkanes of at least 4 members (excludes halogenated alkanes) is 6. The van der Waals surface area contributed by atoms with Crippen molar-refractivity contribution in [2.75, 3.05) is 105 Å². The highest BCUT2D eigenvalue weighted by Gasteiger charge is 2.43. The maximum atomic E-state index is 12.9. The minimum Gasteiger partial charge on any atom is -0.494 e. The minimum absolute atomic E-state index is 0.149. The molecule has 9 aliphatic heterocycles. The summed E-state index contributed by atoms with van der Waals surface area (Å²) in [5.41, 5.74) is 15.4. The molecular formula is C112H133N17O16. The number of likely N-dealkylation sites (tertiary alicyclic amines) is 1. The third-order valence-corrected chi connectivity index (χ3v) is 28.3. The van der Waals surface area contributed by atoms with Crippen LogP contribution in [0.15, 0.2) is 165 Å². The number of ether oxygens (including phenoxy) is 4. The predicted octanol–water partition coefficient (Wildman–Crippen LogP) is 13.8. The van der Waals surface area contributed by atoms with Gasteiger partial charge in [-0.1, -0.05) is 42.8 Å². The molecule has 3 unspecified atom stereocenters. The van der Waals surface area contributed by atoms with Crippen LogP contribution < -0.4 is 35.5 Å². The number of nitrogens with one attached hydrogen (secondary N) is 4. The van der Waals surface area contributed by atoms with E-state index in [2.05, 4.69) is 135 Å². The van der Waals surface area contributed by atoms with E-state index in [1.807, 2.05) is 100 Å². The lowest BCUT2D eigenvalue weighted by atomic mass is 10.0. The molecule has 9 aliphatic rings. The number of aldehydes is 2. The molecule has 0 bridgehead atoms. The molecule has 0 aliphatic carbocycles. The number of rotatable bonds is 32. The van der Waals surface area contributed by atoms with Gasteiger partial charge in [-0.15, -0.1) is 0 Å². The fraction of sp³-hybridized carbons (Fsp3) is 0.446.